The molecule has 94 valence electrons. The van der Waals surface area contributed by atoms with Gasteiger partial charge in [-0.3, -0.25) is 0 Å². The minimum absolute atomic E-state index is 0.223. The third-order valence-electron chi connectivity index (χ3n) is 3.69. The SMILES string of the molecule is COc1ccc(F)cc1C(O)C1CCC(C)C1. The second-order valence-corrected chi connectivity index (χ2v) is 5.01. The fourth-order valence-corrected chi connectivity index (χ4v) is 2.73. The zero-order valence-corrected chi connectivity index (χ0v) is 10.3. The molecule has 1 saturated carbocycles. The second kappa shape index (κ2) is 5.05. The summed E-state index contributed by atoms with van der Waals surface area (Å²) in [6.07, 6.45) is 2.52. The molecule has 1 aromatic carbocycles. The summed E-state index contributed by atoms with van der Waals surface area (Å²) in [4.78, 5) is 0. The lowest BCUT2D eigenvalue weighted by Gasteiger charge is -2.20. The summed E-state index contributed by atoms with van der Waals surface area (Å²) in [7, 11) is 1.54. The van der Waals surface area contributed by atoms with Gasteiger partial charge in [0.1, 0.15) is 11.6 Å². The van der Waals surface area contributed by atoms with E-state index in [0.29, 0.717) is 17.2 Å². The van der Waals surface area contributed by atoms with E-state index < -0.39 is 6.10 Å². The Hall–Kier alpha value is -1.09. The maximum atomic E-state index is 13.2. The number of aliphatic hydroxyl groups excluding tert-OH is 1. The summed E-state index contributed by atoms with van der Waals surface area (Å²) >= 11 is 0. The van der Waals surface area contributed by atoms with Crippen molar-refractivity contribution < 1.29 is 14.2 Å². The molecule has 3 heteroatoms. The molecule has 1 aliphatic carbocycles. The highest BCUT2D eigenvalue weighted by Crippen LogP contribution is 2.41. The van der Waals surface area contributed by atoms with Crippen molar-refractivity contribution in [2.24, 2.45) is 11.8 Å². The van der Waals surface area contributed by atoms with Gasteiger partial charge < -0.3 is 9.84 Å². The third-order valence-corrected chi connectivity index (χ3v) is 3.69. The molecule has 1 fully saturated rings. The van der Waals surface area contributed by atoms with Crippen LogP contribution in [0.4, 0.5) is 4.39 Å². The number of methoxy groups -OCH3 is 1. The highest BCUT2D eigenvalue weighted by Gasteiger charge is 2.30. The normalized spacial score (nSPS) is 25.9. The predicted octanol–water partition coefficient (Wildman–Crippen LogP) is 3.30. The van der Waals surface area contributed by atoms with Crippen molar-refractivity contribution in [2.45, 2.75) is 32.3 Å². The molecule has 0 saturated heterocycles. The molecule has 0 heterocycles. The van der Waals surface area contributed by atoms with Crippen LogP contribution in [-0.2, 0) is 0 Å². The van der Waals surface area contributed by atoms with E-state index in [1.165, 1.54) is 12.1 Å². The summed E-state index contributed by atoms with van der Waals surface area (Å²) in [5.74, 6) is 1.11. The van der Waals surface area contributed by atoms with E-state index in [1.54, 1.807) is 13.2 Å². The molecule has 3 atom stereocenters. The Morgan fingerprint density at radius 2 is 2.18 bits per heavy atom. The highest BCUT2D eigenvalue weighted by atomic mass is 19.1. The topological polar surface area (TPSA) is 29.5 Å². The fourth-order valence-electron chi connectivity index (χ4n) is 2.73. The van der Waals surface area contributed by atoms with Gasteiger partial charge in [-0.2, -0.15) is 0 Å². The maximum Gasteiger partial charge on any atom is 0.124 e. The minimum Gasteiger partial charge on any atom is -0.496 e. The number of hydrogen-bond acceptors (Lipinski definition) is 2. The molecule has 0 aromatic heterocycles. The Bertz CT molecular complexity index is 392. The number of aliphatic hydroxyl groups is 1. The Morgan fingerprint density at radius 3 is 2.76 bits per heavy atom. The molecule has 1 aromatic rings. The Labute approximate surface area is 101 Å². The maximum absolute atomic E-state index is 13.2. The Kier molecular flexibility index (Phi) is 3.67. The summed E-state index contributed by atoms with van der Waals surface area (Å²) in [5.41, 5.74) is 0.576. The molecule has 0 aliphatic heterocycles. The van der Waals surface area contributed by atoms with Gasteiger partial charge in [0.2, 0.25) is 0 Å². The average molecular weight is 238 g/mol. The van der Waals surface area contributed by atoms with Crippen LogP contribution >= 0.6 is 0 Å². The van der Waals surface area contributed by atoms with Gasteiger partial charge in [-0.1, -0.05) is 13.3 Å². The third kappa shape index (κ3) is 2.60. The first-order valence-electron chi connectivity index (χ1n) is 6.13. The molecule has 1 N–H and O–H groups in total. The number of hydrogen-bond donors (Lipinski definition) is 1. The van der Waals surface area contributed by atoms with Crippen LogP contribution in [0.15, 0.2) is 18.2 Å². The van der Waals surface area contributed by atoms with Crippen molar-refractivity contribution in [3.8, 4) is 5.75 Å². The zero-order valence-electron chi connectivity index (χ0n) is 10.3. The molecule has 1 aliphatic rings. The molecule has 0 amide bonds. The van der Waals surface area contributed by atoms with Crippen molar-refractivity contribution >= 4 is 0 Å². The van der Waals surface area contributed by atoms with Gasteiger partial charge in [0.25, 0.3) is 0 Å². The summed E-state index contributed by atoms with van der Waals surface area (Å²) in [6.45, 7) is 2.19. The minimum atomic E-state index is -0.620. The number of rotatable bonds is 3. The smallest absolute Gasteiger partial charge is 0.124 e. The van der Waals surface area contributed by atoms with E-state index in [2.05, 4.69) is 6.92 Å². The molecule has 2 rings (SSSR count). The van der Waals surface area contributed by atoms with Gasteiger partial charge in [-0.05, 0) is 42.9 Å². The largest absolute Gasteiger partial charge is 0.496 e. The van der Waals surface area contributed by atoms with Crippen LogP contribution < -0.4 is 4.74 Å². The first-order chi connectivity index (χ1) is 8.11. The lowest BCUT2D eigenvalue weighted by Crippen LogP contribution is -2.11. The molecule has 3 unspecified atom stereocenters. The molecule has 2 nitrogen and oxygen atoms in total. The van der Waals surface area contributed by atoms with E-state index in [9.17, 15) is 9.50 Å². The summed E-state index contributed by atoms with van der Waals surface area (Å²) in [6, 6.07) is 4.31. The monoisotopic (exact) mass is 238 g/mol. The summed E-state index contributed by atoms with van der Waals surface area (Å²) < 4.78 is 18.4. The van der Waals surface area contributed by atoms with E-state index >= 15 is 0 Å². The van der Waals surface area contributed by atoms with E-state index in [4.69, 9.17) is 4.74 Å². The van der Waals surface area contributed by atoms with Crippen molar-refractivity contribution in [1.29, 1.82) is 0 Å². The molecular formula is C14H19FO2. The van der Waals surface area contributed by atoms with E-state index in [0.717, 1.165) is 19.3 Å². The second-order valence-electron chi connectivity index (χ2n) is 5.01. The van der Waals surface area contributed by atoms with Gasteiger partial charge in [0, 0.05) is 5.56 Å². The van der Waals surface area contributed by atoms with E-state index in [1.807, 2.05) is 0 Å². The van der Waals surface area contributed by atoms with Crippen molar-refractivity contribution in [1.82, 2.24) is 0 Å². The van der Waals surface area contributed by atoms with Gasteiger partial charge in [-0.25, -0.2) is 4.39 Å². The van der Waals surface area contributed by atoms with Gasteiger partial charge in [0.05, 0.1) is 13.2 Å². The molecule has 0 spiro atoms. The van der Waals surface area contributed by atoms with Gasteiger partial charge in [0.15, 0.2) is 0 Å². The van der Waals surface area contributed by atoms with Crippen molar-refractivity contribution in [3.63, 3.8) is 0 Å². The van der Waals surface area contributed by atoms with Crippen LogP contribution in [0.5, 0.6) is 5.75 Å². The average Bonchev–Trinajstić information content (AvgIpc) is 2.75. The molecule has 17 heavy (non-hydrogen) atoms. The van der Waals surface area contributed by atoms with Crippen LogP contribution in [0.2, 0.25) is 0 Å². The van der Waals surface area contributed by atoms with Crippen LogP contribution in [0, 0.1) is 17.7 Å². The lowest BCUT2D eigenvalue weighted by molar-refractivity contribution is 0.106. The van der Waals surface area contributed by atoms with Crippen LogP contribution in [0.25, 0.3) is 0 Å². The number of halogens is 1. The van der Waals surface area contributed by atoms with Crippen molar-refractivity contribution in [3.05, 3.63) is 29.6 Å². The zero-order chi connectivity index (χ0) is 12.4. The van der Waals surface area contributed by atoms with E-state index in [-0.39, 0.29) is 11.7 Å². The summed E-state index contributed by atoms with van der Waals surface area (Å²) in [5, 5.41) is 10.3. The molecular weight excluding hydrogens is 219 g/mol. The van der Waals surface area contributed by atoms with Gasteiger partial charge >= 0.3 is 0 Å². The van der Waals surface area contributed by atoms with Crippen LogP contribution in [0.3, 0.4) is 0 Å². The lowest BCUT2D eigenvalue weighted by atomic mass is 9.93. The predicted molar refractivity (Wildman–Crippen MR) is 64.4 cm³/mol. The highest BCUT2D eigenvalue weighted by molar-refractivity contribution is 5.36. The first-order valence-corrected chi connectivity index (χ1v) is 6.13. The number of benzene rings is 1. The Morgan fingerprint density at radius 1 is 1.41 bits per heavy atom. The van der Waals surface area contributed by atoms with Crippen LogP contribution in [0.1, 0.15) is 37.9 Å². The first kappa shape index (κ1) is 12.4. The van der Waals surface area contributed by atoms with Gasteiger partial charge in [-0.15, -0.1) is 0 Å². The number of ether oxygens (including phenoxy) is 1. The standard InChI is InChI=1S/C14H19FO2/c1-9-3-4-10(7-9)14(16)12-8-11(15)5-6-13(12)17-2/h5-6,8-10,14,16H,3-4,7H2,1-2H3. The molecule has 0 bridgehead atoms. The fraction of sp³-hybridized carbons (Fsp3) is 0.571. The van der Waals surface area contributed by atoms with Crippen molar-refractivity contribution in [2.75, 3.05) is 7.11 Å². The Balaban J connectivity index is 2.23. The quantitative estimate of drug-likeness (QED) is 0.875. The van der Waals surface area contributed by atoms with Crippen LogP contribution in [-0.4, -0.2) is 12.2 Å². The molecule has 0 radical (unpaired) electrons.